The number of fused-ring (bicyclic) bond motifs is 1. The van der Waals surface area contributed by atoms with Crippen molar-refractivity contribution in [3.63, 3.8) is 0 Å². The molecule has 0 aliphatic carbocycles. The number of aliphatic imine (C=N–C) groups is 1. The van der Waals surface area contributed by atoms with Crippen LogP contribution in [0, 0.1) is 0 Å². The highest BCUT2D eigenvalue weighted by Crippen LogP contribution is 2.45. The van der Waals surface area contributed by atoms with Crippen molar-refractivity contribution in [2.24, 2.45) is 4.99 Å². The third-order valence-corrected chi connectivity index (χ3v) is 4.79. The molecule has 20 heavy (non-hydrogen) atoms. The summed E-state index contributed by atoms with van der Waals surface area (Å²) in [5.74, 6) is 0. The quantitative estimate of drug-likeness (QED) is 0.773. The second-order valence-corrected chi connectivity index (χ2v) is 6.01. The first-order valence-electron chi connectivity index (χ1n) is 7.10. The molecule has 1 aliphatic heterocycles. The minimum Gasteiger partial charge on any atom is -0.278 e. The summed E-state index contributed by atoms with van der Waals surface area (Å²) in [6.07, 6.45) is 6.13. The fourth-order valence-corrected chi connectivity index (χ4v) is 3.71. The lowest BCUT2D eigenvalue weighted by atomic mass is 10.0. The first-order valence-corrected chi connectivity index (χ1v) is 7.98. The predicted molar refractivity (Wildman–Crippen MR) is 86.4 cm³/mol. The first kappa shape index (κ1) is 13.4. The van der Waals surface area contributed by atoms with Crippen LogP contribution in [-0.4, -0.2) is 16.6 Å². The van der Waals surface area contributed by atoms with Gasteiger partial charge in [0.15, 0.2) is 0 Å². The third-order valence-electron chi connectivity index (χ3n) is 3.46. The van der Waals surface area contributed by atoms with E-state index < -0.39 is 0 Å². The second kappa shape index (κ2) is 6.23. The molecule has 1 unspecified atom stereocenters. The summed E-state index contributed by atoms with van der Waals surface area (Å²) in [7, 11) is 0. The maximum absolute atomic E-state index is 4.79. The summed E-state index contributed by atoms with van der Waals surface area (Å²) in [4.78, 5) is 9.04. The topological polar surface area (TPSA) is 25.2 Å². The molecule has 0 saturated heterocycles. The van der Waals surface area contributed by atoms with E-state index in [0.717, 1.165) is 13.0 Å². The van der Waals surface area contributed by atoms with Crippen molar-refractivity contribution in [3.8, 4) is 0 Å². The van der Waals surface area contributed by atoms with Gasteiger partial charge in [-0.2, -0.15) is 0 Å². The number of unbranched alkanes of at least 4 members (excludes halogenated alkanes) is 1. The fourth-order valence-electron chi connectivity index (χ4n) is 2.40. The van der Waals surface area contributed by atoms with Crippen molar-refractivity contribution >= 4 is 16.8 Å². The Kier molecular flexibility index (Phi) is 4.16. The number of hydrogen-bond donors (Lipinski definition) is 0. The van der Waals surface area contributed by atoms with Crippen LogP contribution in [0.1, 0.15) is 41.7 Å². The average Bonchev–Trinajstić information content (AvgIpc) is 2.88. The maximum Gasteiger partial charge on any atom is 0.0989 e. The van der Waals surface area contributed by atoms with E-state index in [1.165, 1.54) is 28.2 Å². The second-order valence-electron chi connectivity index (χ2n) is 4.91. The summed E-state index contributed by atoms with van der Waals surface area (Å²) < 4.78 is 0. The van der Waals surface area contributed by atoms with Crippen molar-refractivity contribution < 1.29 is 0 Å². The van der Waals surface area contributed by atoms with Gasteiger partial charge in [0, 0.05) is 24.5 Å². The van der Waals surface area contributed by atoms with Gasteiger partial charge in [0.2, 0.25) is 0 Å². The van der Waals surface area contributed by atoms with Gasteiger partial charge in [-0.25, -0.2) is 0 Å². The average molecular weight is 282 g/mol. The van der Waals surface area contributed by atoms with Crippen molar-refractivity contribution in [1.29, 1.82) is 0 Å². The summed E-state index contributed by atoms with van der Waals surface area (Å²) in [5, 5.41) is 1.52. The lowest BCUT2D eigenvalue weighted by Crippen LogP contribution is -1.93. The smallest absolute Gasteiger partial charge is 0.0989 e. The molecular formula is C17H18N2S. The SMILES string of the molecule is CCCCN=C1SC(c2cccnc2)c2ccccc21. The molecule has 0 amide bonds. The van der Waals surface area contributed by atoms with Crippen molar-refractivity contribution in [2.45, 2.75) is 25.0 Å². The highest BCUT2D eigenvalue weighted by molar-refractivity contribution is 8.15. The van der Waals surface area contributed by atoms with Crippen LogP contribution in [0.2, 0.25) is 0 Å². The van der Waals surface area contributed by atoms with Gasteiger partial charge < -0.3 is 0 Å². The number of nitrogens with zero attached hydrogens (tertiary/aromatic N) is 2. The van der Waals surface area contributed by atoms with E-state index in [0.29, 0.717) is 5.25 Å². The Labute approximate surface area is 124 Å². The Morgan fingerprint density at radius 2 is 2.10 bits per heavy atom. The Morgan fingerprint density at radius 1 is 1.20 bits per heavy atom. The highest BCUT2D eigenvalue weighted by atomic mass is 32.2. The Hall–Kier alpha value is -1.61. The molecule has 3 heteroatoms. The molecule has 0 spiro atoms. The van der Waals surface area contributed by atoms with Gasteiger partial charge in [-0.1, -0.05) is 55.4 Å². The minimum absolute atomic E-state index is 0.334. The molecule has 102 valence electrons. The molecule has 0 N–H and O–H groups in total. The van der Waals surface area contributed by atoms with Crippen LogP contribution >= 0.6 is 11.8 Å². The molecule has 1 aliphatic rings. The molecular weight excluding hydrogens is 264 g/mol. The van der Waals surface area contributed by atoms with Crippen LogP contribution < -0.4 is 0 Å². The van der Waals surface area contributed by atoms with E-state index >= 15 is 0 Å². The number of hydrogen-bond acceptors (Lipinski definition) is 3. The summed E-state index contributed by atoms with van der Waals surface area (Å²) in [5.41, 5.74) is 3.91. The van der Waals surface area contributed by atoms with Crippen LogP contribution in [0.3, 0.4) is 0 Å². The van der Waals surface area contributed by atoms with Gasteiger partial charge in [-0.3, -0.25) is 9.98 Å². The molecule has 2 nitrogen and oxygen atoms in total. The van der Waals surface area contributed by atoms with Gasteiger partial charge in [-0.05, 0) is 23.6 Å². The first-order chi connectivity index (χ1) is 9.90. The van der Waals surface area contributed by atoms with Crippen molar-refractivity contribution in [2.75, 3.05) is 6.54 Å². The van der Waals surface area contributed by atoms with Crippen LogP contribution in [0.5, 0.6) is 0 Å². The Morgan fingerprint density at radius 3 is 2.90 bits per heavy atom. The molecule has 1 aromatic carbocycles. The summed E-state index contributed by atoms with van der Waals surface area (Å²) in [6.45, 7) is 3.13. The monoisotopic (exact) mass is 282 g/mol. The molecule has 2 heterocycles. The maximum atomic E-state index is 4.79. The third kappa shape index (κ3) is 2.63. The normalized spacial score (nSPS) is 19.2. The van der Waals surface area contributed by atoms with Gasteiger partial charge in [0.05, 0.1) is 10.3 Å². The van der Waals surface area contributed by atoms with Crippen molar-refractivity contribution in [1.82, 2.24) is 4.98 Å². The number of benzene rings is 1. The van der Waals surface area contributed by atoms with Gasteiger partial charge >= 0.3 is 0 Å². The van der Waals surface area contributed by atoms with Crippen LogP contribution in [0.4, 0.5) is 0 Å². The molecule has 3 rings (SSSR count). The van der Waals surface area contributed by atoms with E-state index in [9.17, 15) is 0 Å². The van der Waals surface area contributed by atoms with Gasteiger partial charge in [0.1, 0.15) is 0 Å². The van der Waals surface area contributed by atoms with Crippen LogP contribution in [-0.2, 0) is 0 Å². The molecule has 1 atom stereocenters. The zero-order valence-electron chi connectivity index (χ0n) is 11.6. The number of aromatic nitrogens is 1. The zero-order chi connectivity index (χ0) is 13.8. The number of pyridine rings is 1. The predicted octanol–water partition coefficient (Wildman–Crippen LogP) is 4.46. The lowest BCUT2D eigenvalue weighted by molar-refractivity contribution is 0.810. The molecule has 0 fully saturated rings. The van der Waals surface area contributed by atoms with Gasteiger partial charge in [0.25, 0.3) is 0 Å². The zero-order valence-corrected chi connectivity index (χ0v) is 12.4. The molecule has 0 bridgehead atoms. The molecule has 1 aromatic heterocycles. The molecule has 2 aromatic rings. The number of thioether (sulfide) groups is 1. The lowest BCUT2D eigenvalue weighted by Gasteiger charge is -2.09. The minimum atomic E-state index is 0.334. The molecule has 0 saturated carbocycles. The largest absolute Gasteiger partial charge is 0.278 e. The van der Waals surface area contributed by atoms with Crippen molar-refractivity contribution in [3.05, 3.63) is 65.5 Å². The summed E-state index contributed by atoms with van der Waals surface area (Å²) >= 11 is 1.85. The van der Waals surface area contributed by atoms with E-state index in [1.807, 2.05) is 30.2 Å². The Balaban J connectivity index is 1.94. The van der Waals surface area contributed by atoms with E-state index in [-0.39, 0.29) is 0 Å². The van der Waals surface area contributed by atoms with E-state index in [1.54, 1.807) is 0 Å². The number of rotatable bonds is 4. The fraction of sp³-hybridized carbons (Fsp3) is 0.294. The Bertz CT molecular complexity index is 607. The van der Waals surface area contributed by atoms with Gasteiger partial charge in [-0.15, -0.1) is 0 Å². The highest BCUT2D eigenvalue weighted by Gasteiger charge is 2.29. The standard InChI is InChI=1S/C17H18N2S/c1-2-3-11-19-17-15-9-5-4-8-14(15)16(20-17)13-7-6-10-18-12-13/h4-10,12,16H,2-3,11H2,1H3. The van der Waals surface area contributed by atoms with E-state index in [4.69, 9.17) is 4.99 Å². The van der Waals surface area contributed by atoms with Crippen LogP contribution in [0.15, 0.2) is 53.8 Å². The van der Waals surface area contributed by atoms with E-state index in [2.05, 4.69) is 42.2 Å². The van der Waals surface area contributed by atoms with Crippen LogP contribution in [0.25, 0.3) is 0 Å². The summed E-state index contributed by atoms with van der Waals surface area (Å²) in [6, 6.07) is 12.8. The molecule has 0 radical (unpaired) electrons.